The van der Waals surface area contributed by atoms with Crippen molar-refractivity contribution in [1.29, 1.82) is 0 Å². The van der Waals surface area contributed by atoms with Gasteiger partial charge in [0, 0.05) is 43.3 Å². The normalized spacial score (nSPS) is 18.1. The number of carbonyl (C=O) groups is 2. The summed E-state index contributed by atoms with van der Waals surface area (Å²) in [7, 11) is 3.24. The molecule has 1 fully saturated rings. The molecule has 0 unspecified atom stereocenters. The van der Waals surface area contributed by atoms with Crippen LogP contribution in [0.3, 0.4) is 0 Å². The van der Waals surface area contributed by atoms with Crippen LogP contribution in [0.2, 0.25) is 0 Å². The maximum atomic E-state index is 12.5. The number of hydrogen-bond acceptors (Lipinski definition) is 5. The summed E-state index contributed by atoms with van der Waals surface area (Å²) in [6.07, 6.45) is 4.24. The van der Waals surface area contributed by atoms with Crippen LogP contribution in [-0.4, -0.2) is 55.3 Å². The van der Waals surface area contributed by atoms with Crippen molar-refractivity contribution in [2.75, 3.05) is 25.6 Å². The molecular formula is C27H40N2O4. The second kappa shape index (κ2) is 11.4. The van der Waals surface area contributed by atoms with Crippen molar-refractivity contribution >= 4 is 17.7 Å². The number of esters is 1. The Labute approximate surface area is 199 Å². The fourth-order valence-electron chi connectivity index (χ4n) is 4.45. The van der Waals surface area contributed by atoms with Gasteiger partial charge in [-0.3, -0.25) is 0 Å². The Morgan fingerprint density at radius 3 is 2.21 bits per heavy atom. The lowest BCUT2D eigenvalue weighted by atomic mass is 9.88. The van der Waals surface area contributed by atoms with Gasteiger partial charge in [-0.2, -0.15) is 0 Å². The number of carbonyl (C=O) groups excluding carboxylic acids is 2. The monoisotopic (exact) mass is 456 g/mol. The maximum Gasteiger partial charge on any atom is 0.410 e. The van der Waals surface area contributed by atoms with Gasteiger partial charge in [0.1, 0.15) is 5.60 Å². The largest absolute Gasteiger partial charge is 0.465 e. The Kier molecular flexibility index (Phi) is 9.22. The Balaban J connectivity index is 2.24. The van der Waals surface area contributed by atoms with E-state index in [-0.39, 0.29) is 18.1 Å². The summed E-state index contributed by atoms with van der Waals surface area (Å²) < 4.78 is 10.6. The van der Waals surface area contributed by atoms with Crippen LogP contribution in [0.15, 0.2) is 12.1 Å². The predicted molar refractivity (Wildman–Crippen MR) is 133 cm³/mol. The third kappa shape index (κ3) is 6.90. The van der Waals surface area contributed by atoms with Gasteiger partial charge in [0.15, 0.2) is 0 Å². The van der Waals surface area contributed by atoms with Crippen LogP contribution in [0.25, 0.3) is 0 Å². The number of anilines is 1. The highest BCUT2D eigenvalue weighted by atomic mass is 16.6. The molecule has 6 nitrogen and oxygen atoms in total. The molecule has 0 radical (unpaired) electrons. The van der Waals surface area contributed by atoms with E-state index >= 15 is 0 Å². The molecule has 1 aliphatic carbocycles. The molecule has 0 atom stereocenters. The van der Waals surface area contributed by atoms with Crippen LogP contribution < -0.4 is 4.90 Å². The molecule has 0 aromatic heterocycles. The molecule has 0 saturated heterocycles. The van der Waals surface area contributed by atoms with Crippen molar-refractivity contribution in [3.8, 4) is 11.8 Å². The second-order valence-corrected chi connectivity index (χ2v) is 9.65. The standard InChI is InChI=1S/C27H40N2O4/c1-9-11-12-20-17-23(25(30)32-8)19(3)24(18-20)29(10-2)22-15-13-21(14-16-22)28(7)26(31)33-27(4,5)6/h17-18,21-22H,9-10,13-16H2,1-8H3. The number of amides is 1. The topological polar surface area (TPSA) is 59.1 Å². The van der Waals surface area contributed by atoms with Gasteiger partial charge in [-0.05, 0) is 78.0 Å². The van der Waals surface area contributed by atoms with Crippen LogP contribution in [0, 0.1) is 18.8 Å². The Morgan fingerprint density at radius 2 is 1.70 bits per heavy atom. The van der Waals surface area contributed by atoms with Crippen LogP contribution in [-0.2, 0) is 9.47 Å². The van der Waals surface area contributed by atoms with E-state index in [4.69, 9.17) is 9.47 Å². The molecule has 0 N–H and O–H groups in total. The van der Waals surface area contributed by atoms with E-state index < -0.39 is 5.60 Å². The van der Waals surface area contributed by atoms with E-state index in [2.05, 4.69) is 29.7 Å². The van der Waals surface area contributed by atoms with E-state index in [1.807, 2.05) is 47.7 Å². The number of nitrogens with zero attached hydrogens (tertiary/aromatic N) is 2. The molecular weight excluding hydrogens is 416 g/mol. The summed E-state index contributed by atoms with van der Waals surface area (Å²) in [4.78, 5) is 29.1. The smallest absolute Gasteiger partial charge is 0.410 e. The summed E-state index contributed by atoms with van der Waals surface area (Å²) in [6.45, 7) is 12.6. The maximum absolute atomic E-state index is 12.5. The van der Waals surface area contributed by atoms with Gasteiger partial charge >= 0.3 is 12.1 Å². The molecule has 33 heavy (non-hydrogen) atoms. The molecule has 0 bridgehead atoms. The summed E-state index contributed by atoms with van der Waals surface area (Å²) in [5.74, 6) is 5.94. The van der Waals surface area contributed by atoms with Crippen molar-refractivity contribution in [3.63, 3.8) is 0 Å². The first-order chi connectivity index (χ1) is 15.5. The zero-order valence-electron chi connectivity index (χ0n) is 21.6. The fraction of sp³-hybridized carbons (Fsp3) is 0.630. The predicted octanol–water partition coefficient (Wildman–Crippen LogP) is 5.55. The minimum Gasteiger partial charge on any atom is -0.465 e. The molecule has 1 aliphatic rings. The average Bonchev–Trinajstić information content (AvgIpc) is 2.77. The third-order valence-electron chi connectivity index (χ3n) is 6.18. The molecule has 1 saturated carbocycles. The number of ether oxygens (including phenoxy) is 2. The molecule has 182 valence electrons. The van der Waals surface area contributed by atoms with Crippen LogP contribution >= 0.6 is 0 Å². The number of rotatable bonds is 5. The zero-order chi connectivity index (χ0) is 24.8. The average molecular weight is 457 g/mol. The molecule has 1 aromatic carbocycles. The van der Waals surface area contributed by atoms with Crippen molar-refractivity contribution < 1.29 is 19.1 Å². The van der Waals surface area contributed by atoms with Gasteiger partial charge < -0.3 is 19.3 Å². The van der Waals surface area contributed by atoms with Crippen molar-refractivity contribution in [2.45, 2.75) is 91.3 Å². The van der Waals surface area contributed by atoms with Gasteiger partial charge in [0.05, 0.1) is 12.7 Å². The molecule has 0 spiro atoms. The first kappa shape index (κ1) is 26.6. The highest BCUT2D eigenvalue weighted by Crippen LogP contribution is 2.33. The van der Waals surface area contributed by atoms with E-state index in [1.165, 1.54) is 7.11 Å². The Hall–Kier alpha value is -2.68. The molecule has 1 amide bonds. The zero-order valence-corrected chi connectivity index (χ0v) is 21.6. The van der Waals surface area contributed by atoms with Crippen molar-refractivity contribution in [3.05, 3.63) is 28.8 Å². The van der Waals surface area contributed by atoms with E-state index in [0.29, 0.717) is 11.6 Å². The molecule has 6 heteroatoms. The van der Waals surface area contributed by atoms with Gasteiger partial charge in [0.25, 0.3) is 0 Å². The number of hydrogen-bond donors (Lipinski definition) is 0. The van der Waals surface area contributed by atoms with Gasteiger partial charge in [-0.1, -0.05) is 18.8 Å². The van der Waals surface area contributed by atoms with E-state index in [1.54, 1.807) is 4.90 Å². The van der Waals surface area contributed by atoms with Crippen molar-refractivity contribution in [1.82, 2.24) is 4.90 Å². The Bertz CT molecular complexity index is 899. The van der Waals surface area contributed by atoms with Crippen LogP contribution in [0.5, 0.6) is 0 Å². The molecule has 1 aromatic rings. The SMILES string of the molecule is CCC#Cc1cc(C(=O)OC)c(C)c(N(CC)C2CCC(N(C)C(=O)OC(C)(C)C)CC2)c1. The third-order valence-corrected chi connectivity index (χ3v) is 6.18. The lowest BCUT2D eigenvalue weighted by Crippen LogP contribution is -2.46. The van der Waals surface area contributed by atoms with Crippen LogP contribution in [0.1, 0.15) is 88.2 Å². The quantitative estimate of drug-likeness (QED) is 0.430. The minimum atomic E-state index is -0.498. The summed E-state index contributed by atoms with van der Waals surface area (Å²) in [5, 5.41) is 0. The first-order valence-corrected chi connectivity index (χ1v) is 12.0. The second-order valence-electron chi connectivity index (χ2n) is 9.65. The molecule has 0 aliphatic heterocycles. The van der Waals surface area contributed by atoms with E-state index in [0.717, 1.165) is 55.5 Å². The van der Waals surface area contributed by atoms with Gasteiger partial charge in [-0.15, -0.1) is 0 Å². The molecule has 2 rings (SSSR count). The summed E-state index contributed by atoms with van der Waals surface area (Å²) in [6, 6.07) is 4.42. The summed E-state index contributed by atoms with van der Waals surface area (Å²) in [5.41, 5.74) is 2.84. The molecule has 0 heterocycles. The van der Waals surface area contributed by atoms with Crippen molar-refractivity contribution in [2.24, 2.45) is 0 Å². The first-order valence-electron chi connectivity index (χ1n) is 12.0. The Morgan fingerprint density at radius 1 is 1.09 bits per heavy atom. The number of benzene rings is 1. The highest BCUT2D eigenvalue weighted by molar-refractivity contribution is 5.93. The van der Waals surface area contributed by atoms with Gasteiger partial charge in [-0.25, -0.2) is 9.59 Å². The lowest BCUT2D eigenvalue weighted by Gasteiger charge is -2.41. The lowest BCUT2D eigenvalue weighted by molar-refractivity contribution is 0.0183. The highest BCUT2D eigenvalue weighted by Gasteiger charge is 2.32. The summed E-state index contributed by atoms with van der Waals surface area (Å²) >= 11 is 0. The van der Waals surface area contributed by atoms with Crippen LogP contribution in [0.4, 0.5) is 10.5 Å². The van der Waals surface area contributed by atoms with E-state index in [9.17, 15) is 9.59 Å². The minimum absolute atomic E-state index is 0.170. The fourth-order valence-corrected chi connectivity index (χ4v) is 4.45. The number of methoxy groups -OCH3 is 1. The van der Waals surface area contributed by atoms with Gasteiger partial charge in [0.2, 0.25) is 0 Å².